The van der Waals surface area contributed by atoms with Gasteiger partial charge in [0.1, 0.15) is 11.5 Å². The van der Waals surface area contributed by atoms with Crippen molar-refractivity contribution in [1.82, 2.24) is 0 Å². The molecule has 2 aromatic rings. The van der Waals surface area contributed by atoms with Crippen molar-refractivity contribution in [1.29, 1.82) is 0 Å². The van der Waals surface area contributed by atoms with Gasteiger partial charge < -0.3 is 9.84 Å². The summed E-state index contributed by atoms with van der Waals surface area (Å²) in [7, 11) is 0. The largest absolute Gasteiger partial charge is 0.508 e. The van der Waals surface area contributed by atoms with Gasteiger partial charge in [-0.2, -0.15) is 8.78 Å². The fraction of sp³-hybridized carbons (Fsp3) is 0.125. The van der Waals surface area contributed by atoms with Crippen molar-refractivity contribution >= 4 is 5.57 Å². The maximum Gasteiger partial charge on any atom is 0.426 e. The molecule has 2 nitrogen and oxygen atoms in total. The molecule has 0 aliphatic carbocycles. The van der Waals surface area contributed by atoms with E-state index >= 15 is 0 Å². The molecule has 0 heterocycles. The van der Waals surface area contributed by atoms with E-state index < -0.39 is 6.11 Å². The summed E-state index contributed by atoms with van der Waals surface area (Å²) in [6.45, 7) is 5.56. The second-order valence-corrected chi connectivity index (χ2v) is 4.47. The number of aromatic hydroxyl groups is 1. The maximum atomic E-state index is 14.0. The molecular formula is C16H14F2O2. The van der Waals surface area contributed by atoms with Gasteiger partial charge in [0.15, 0.2) is 0 Å². The normalized spacial score (nSPS) is 11.2. The van der Waals surface area contributed by atoms with Crippen molar-refractivity contribution in [3.8, 4) is 11.5 Å². The molecule has 0 saturated carbocycles. The SMILES string of the molecule is C=C(C)c1ccc(C(F)(F)Oc2ccc(O)cc2)cc1. The molecule has 0 atom stereocenters. The van der Waals surface area contributed by atoms with Crippen molar-refractivity contribution in [2.24, 2.45) is 0 Å². The van der Waals surface area contributed by atoms with Crippen molar-refractivity contribution < 1.29 is 18.6 Å². The van der Waals surface area contributed by atoms with Crippen LogP contribution >= 0.6 is 0 Å². The Kier molecular flexibility index (Phi) is 3.74. The number of phenols is 1. The summed E-state index contributed by atoms with van der Waals surface area (Å²) in [6.07, 6.45) is -3.44. The van der Waals surface area contributed by atoms with E-state index in [4.69, 9.17) is 5.11 Å². The maximum absolute atomic E-state index is 14.0. The zero-order valence-corrected chi connectivity index (χ0v) is 10.9. The van der Waals surface area contributed by atoms with Crippen LogP contribution in [0.25, 0.3) is 5.57 Å². The predicted octanol–water partition coefficient (Wildman–Crippen LogP) is 4.55. The molecule has 4 heteroatoms. The smallest absolute Gasteiger partial charge is 0.426 e. The summed E-state index contributed by atoms with van der Waals surface area (Å²) in [5.41, 5.74) is 1.36. The van der Waals surface area contributed by atoms with Gasteiger partial charge in [-0.3, -0.25) is 0 Å². The summed E-state index contributed by atoms with van der Waals surface area (Å²) >= 11 is 0. The van der Waals surface area contributed by atoms with Crippen LogP contribution < -0.4 is 4.74 Å². The molecular weight excluding hydrogens is 262 g/mol. The van der Waals surface area contributed by atoms with Gasteiger partial charge >= 0.3 is 6.11 Å². The lowest BCUT2D eigenvalue weighted by atomic mass is 10.1. The third-order valence-electron chi connectivity index (χ3n) is 2.80. The van der Waals surface area contributed by atoms with E-state index in [-0.39, 0.29) is 17.1 Å². The standard InChI is InChI=1S/C16H14F2O2/c1-11(2)12-3-5-13(6-4-12)16(17,18)20-15-9-7-14(19)8-10-15/h3-10,19H,1H2,2H3. The molecule has 0 amide bonds. The Labute approximate surface area is 115 Å². The summed E-state index contributed by atoms with van der Waals surface area (Å²) in [5.74, 6) is -0.0248. The Morgan fingerprint density at radius 2 is 1.60 bits per heavy atom. The lowest BCUT2D eigenvalue weighted by Crippen LogP contribution is -2.21. The summed E-state index contributed by atoms with van der Waals surface area (Å²) in [4.78, 5) is 0. The Morgan fingerprint density at radius 1 is 1.05 bits per heavy atom. The van der Waals surface area contributed by atoms with Gasteiger partial charge in [0.25, 0.3) is 0 Å². The average molecular weight is 276 g/mol. The summed E-state index contributed by atoms with van der Waals surface area (Å²) < 4.78 is 32.6. The first-order chi connectivity index (χ1) is 9.38. The number of rotatable bonds is 4. The van der Waals surface area contributed by atoms with E-state index in [9.17, 15) is 8.78 Å². The highest BCUT2D eigenvalue weighted by atomic mass is 19.3. The highest BCUT2D eigenvalue weighted by molar-refractivity contribution is 5.61. The molecule has 0 fully saturated rings. The van der Waals surface area contributed by atoms with Gasteiger partial charge in [-0.15, -0.1) is 0 Å². The van der Waals surface area contributed by atoms with E-state index in [1.807, 2.05) is 0 Å². The second-order valence-electron chi connectivity index (χ2n) is 4.47. The first kappa shape index (κ1) is 14.1. The average Bonchev–Trinajstić information content (AvgIpc) is 2.41. The van der Waals surface area contributed by atoms with Gasteiger partial charge in [-0.25, -0.2) is 0 Å². The van der Waals surface area contributed by atoms with Crippen LogP contribution in [0.2, 0.25) is 0 Å². The van der Waals surface area contributed by atoms with Crippen LogP contribution in [0, 0.1) is 0 Å². The van der Waals surface area contributed by atoms with Crippen LogP contribution in [0.3, 0.4) is 0 Å². The first-order valence-corrected chi connectivity index (χ1v) is 6.01. The molecule has 0 radical (unpaired) electrons. The molecule has 0 unspecified atom stereocenters. The van der Waals surface area contributed by atoms with Gasteiger partial charge in [0.2, 0.25) is 0 Å². The quantitative estimate of drug-likeness (QED) is 0.887. The number of phenolic OH excluding ortho intramolecular Hbond substituents is 1. The highest BCUT2D eigenvalue weighted by Gasteiger charge is 2.34. The summed E-state index contributed by atoms with van der Waals surface area (Å²) in [5, 5.41) is 9.10. The van der Waals surface area contributed by atoms with Gasteiger partial charge in [0.05, 0.1) is 5.56 Å². The molecule has 0 aliphatic rings. The first-order valence-electron chi connectivity index (χ1n) is 6.01. The topological polar surface area (TPSA) is 29.5 Å². The molecule has 0 bridgehead atoms. The van der Waals surface area contributed by atoms with Gasteiger partial charge in [0, 0.05) is 0 Å². The minimum atomic E-state index is -3.44. The van der Waals surface area contributed by atoms with Crippen molar-refractivity contribution in [3.63, 3.8) is 0 Å². The Balaban J connectivity index is 2.20. The van der Waals surface area contributed by atoms with Crippen LogP contribution in [0.1, 0.15) is 18.1 Å². The van der Waals surface area contributed by atoms with Gasteiger partial charge in [-0.05, 0) is 48.9 Å². The number of allylic oxidation sites excluding steroid dienone is 1. The molecule has 0 aliphatic heterocycles. The van der Waals surface area contributed by atoms with Crippen LogP contribution in [0.5, 0.6) is 11.5 Å². The molecule has 0 aromatic heterocycles. The molecule has 2 rings (SSSR count). The predicted molar refractivity (Wildman–Crippen MR) is 73.8 cm³/mol. The van der Waals surface area contributed by atoms with Crippen molar-refractivity contribution in [3.05, 3.63) is 66.2 Å². The zero-order valence-electron chi connectivity index (χ0n) is 10.9. The number of hydrogen-bond acceptors (Lipinski definition) is 2. The van der Waals surface area contributed by atoms with Crippen LogP contribution in [0.4, 0.5) is 8.78 Å². The third kappa shape index (κ3) is 3.15. The molecule has 1 N–H and O–H groups in total. The molecule has 0 spiro atoms. The molecule has 2 aromatic carbocycles. The number of benzene rings is 2. The fourth-order valence-corrected chi connectivity index (χ4v) is 1.67. The fourth-order valence-electron chi connectivity index (χ4n) is 1.67. The second kappa shape index (κ2) is 5.33. The third-order valence-corrected chi connectivity index (χ3v) is 2.80. The summed E-state index contributed by atoms with van der Waals surface area (Å²) in [6, 6.07) is 10.9. The Morgan fingerprint density at radius 3 is 2.10 bits per heavy atom. The van der Waals surface area contributed by atoms with E-state index in [1.54, 1.807) is 19.1 Å². The minimum Gasteiger partial charge on any atom is -0.508 e. The Hall–Kier alpha value is -2.36. The number of ether oxygens (including phenoxy) is 1. The molecule has 20 heavy (non-hydrogen) atoms. The van der Waals surface area contributed by atoms with E-state index in [1.165, 1.54) is 36.4 Å². The van der Waals surface area contributed by atoms with Gasteiger partial charge in [-0.1, -0.05) is 24.3 Å². The lowest BCUT2D eigenvalue weighted by Gasteiger charge is -2.18. The lowest BCUT2D eigenvalue weighted by molar-refractivity contribution is -0.185. The van der Waals surface area contributed by atoms with E-state index in [0.717, 1.165) is 11.1 Å². The Bertz CT molecular complexity index is 601. The number of hydrogen-bond donors (Lipinski definition) is 1. The molecule has 0 saturated heterocycles. The van der Waals surface area contributed by atoms with Crippen LogP contribution in [-0.4, -0.2) is 5.11 Å². The van der Waals surface area contributed by atoms with Crippen LogP contribution in [-0.2, 0) is 6.11 Å². The zero-order chi connectivity index (χ0) is 14.8. The highest BCUT2D eigenvalue weighted by Crippen LogP contribution is 2.32. The van der Waals surface area contributed by atoms with Crippen LogP contribution in [0.15, 0.2) is 55.1 Å². The number of halogens is 2. The van der Waals surface area contributed by atoms with Crippen molar-refractivity contribution in [2.75, 3.05) is 0 Å². The minimum absolute atomic E-state index is 0.00789. The number of alkyl halides is 2. The van der Waals surface area contributed by atoms with E-state index in [0.29, 0.717) is 0 Å². The molecule has 104 valence electrons. The van der Waals surface area contributed by atoms with E-state index in [2.05, 4.69) is 11.3 Å². The monoisotopic (exact) mass is 276 g/mol. The van der Waals surface area contributed by atoms with Crippen molar-refractivity contribution in [2.45, 2.75) is 13.0 Å².